The summed E-state index contributed by atoms with van der Waals surface area (Å²) < 4.78 is 37.1. The fourth-order valence-electron chi connectivity index (χ4n) is 2.88. The van der Waals surface area contributed by atoms with E-state index in [-0.39, 0.29) is 26.1 Å². The number of likely N-dealkylation sites (tertiary alicyclic amines) is 1. The Bertz CT molecular complexity index is 616. The lowest BCUT2D eigenvalue weighted by Crippen LogP contribution is -2.35. The first-order chi connectivity index (χ1) is 12.2. The van der Waals surface area contributed by atoms with Gasteiger partial charge in [-0.15, -0.1) is 0 Å². The Labute approximate surface area is 152 Å². The summed E-state index contributed by atoms with van der Waals surface area (Å²) in [6.45, 7) is 5.17. The van der Waals surface area contributed by atoms with Crippen molar-refractivity contribution in [1.82, 2.24) is 4.90 Å². The predicted molar refractivity (Wildman–Crippen MR) is 91.6 cm³/mol. The molecular formula is C19H25F2NO4. The van der Waals surface area contributed by atoms with Crippen LogP contribution in [0.2, 0.25) is 0 Å². The summed E-state index contributed by atoms with van der Waals surface area (Å²) in [6.07, 6.45) is -3.40. The second-order valence-corrected chi connectivity index (χ2v) is 7.49. The van der Waals surface area contributed by atoms with Crippen LogP contribution in [-0.4, -0.2) is 42.1 Å². The number of benzene rings is 1. The van der Waals surface area contributed by atoms with Gasteiger partial charge in [0.05, 0.1) is 6.42 Å². The number of esters is 1. The van der Waals surface area contributed by atoms with Gasteiger partial charge in [0.2, 0.25) is 6.43 Å². The van der Waals surface area contributed by atoms with Crippen molar-refractivity contribution in [3.63, 3.8) is 0 Å². The first kappa shape index (κ1) is 20.1. The van der Waals surface area contributed by atoms with E-state index in [1.165, 1.54) is 4.90 Å². The Balaban J connectivity index is 1.91. The van der Waals surface area contributed by atoms with Crippen molar-refractivity contribution in [3.8, 4) is 0 Å². The van der Waals surface area contributed by atoms with Gasteiger partial charge >= 0.3 is 12.1 Å². The van der Waals surface area contributed by atoms with Gasteiger partial charge in [0, 0.05) is 19.0 Å². The van der Waals surface area contributed by atoms with Gasteiger partial charge in [-0.25, -0.2) is 13.6 Å². The maximum atomic E-state index is 13.3. The van der Waals surface area contributed by atoms with E-state index in [1.54, 1.807) is 20.8 Å². The largest absolute Gasteiger partial charge is 0.461 e. The van der Waals surface area contributed by atoms with Crippen LogP contribution in [0.25, 0.3) is 0 Å². The molecule has 0 spiro atoms. The fourth-order valence-corrected chi connectivity index (χ4v) is 2.88. The summed E-state index contributed by atoms with van der Waals surface area (Å²) in [5, 5.41) is 0. The van der Waals surface area contributed by atoms with E-state index in [0.717, 1.165) is 5.56 Å². The molecule has 1 aromatic rings. The minimum absolute atomic E-state index is 0.0599. The second kappa shape index (κ2) is 8.47. The minimum atomic E-state index is -2.62. The lowest BCUT2D eigenvalue weighted by molar-refractivity contribution is -0.146. The van der Waals surface area contributed by atoms with E-state index in [1.807, 2.05) is 30.3 Å². The van der Waals surface area contributed by atoms with E-state index in [9.17, 15) is 18.4 Å². The van der Waals surface area contributed by atoms with Crippen LogP contribution in [0.15, 0.2) is 30.3 Å². The highest BCUT2D eigenvalue weighted by Crippen LogP contribution is 2.32. The number of carbonyl (C=O) groups is 2. The number of ether oxygens (including phenoxy) is 2. The monoisotopic (exact) mass is 369 g/mol. The van der Waals surface area contributed by atoms with Crippen LogP contribution in [0, 0.1) is 11.8 Å². The lowest BCUT2D eigenvalue weighted by Gasteiger charge is -2.24. The van der Waals surface area contributed by atoms with E-state index in [4.69, 9.17) is 9.47 Å². The van der Waals surface area contributed by atoms with Gasteiger partial charge in [0.1, 0.15) is 12.2 Å². The summed E-state index contributed by atoms with van der Waals surface area (Å²) in [5.41, 5.74) is 0.123. The molecule has 0 N–H and O–H groups in total. The first-order valence-electron chi connectivity index (χ1n) is 8.61. The minimum Gasteiger partial charge on any atom is -0.461 e. The standard InChI is InChI=1S/C19H25F2NO4/c1-19(2,3)26-18(24)22-10-14(15(11-22)17(20)21)9-16(23)25-12-13-7-5-4-6-8-13/h4-8,14-15,17H,9-12H2,1-3H3/t14-,15-/m0/s1. The molecule has 1 aliphatic rings. The van der Waals surface area contributed by atoms with Crippen LogP contribution in [0.3, 0.4) is 0 Å². The van der Waals surface area contributed by atoms with Crippen LogP contribution in [0.5, 0.6) is 0 Å². The normalized spacial score (nSPS) is 20.3. The molecule has 1 fully saturated rings. The SMILES string of the molecule is CC(C)(C)OC(=O)N1C[C@H](CC(=O)OCc2ccccc2)[C@@H](C(F)F)C1. The molecule has 0 bridgehead atoms. The van der Waals surface area contributed by atoms with Crippen molar-refractivity contribution in [2.24, 2.45) is 11.8 Å². The van der Waals surface area contributed by atoms with Crippen LogP contribution in [0.1, 0.15) is 32.8 Å². The molecule has 5 nitrogen and oxygen atoms in total. The molecule has 144 valence electrons. The highest BCUT2D eigenvalue weighted by molar-refractivity contribution is 5.71. The molecule has 0 aromatic heterocycles. The quantitative estimate of drug-likeness (QED) is 0.740. The van der Waals surface area contributed by atoms with Gasteiger partial charge in [-0.1, -0.05) is 30.3 Å². The number of hydrogen-bond acceptors (Lipinski definition) is 4. The topological polar surface area (TPSA) is 55.8 Å². The molecule has 0 unspecified atom stereocenters. The maximum Gasteiger partial charge on any atom is 0.410 e. The van der Waals surface area contributed by atoms with Crippen molar-refractivity contribution in [1.29, 1.82) is 0 Å². The highest BCUT2D eigenvalue weighted by Gasteiger charge is 2.42. The van der Waals surface area contributed by atoms with E-state index in [0.29, 0.717) is 0 Å². The summed E-state index contributed by atoms with van der Waals surface area (Å²) in [6, 6.07) is 9.13. The third-order valence-electron chi connectivity index (χ3n) is 4.14. The number of amides is 1. The molecule has 2 atom stereocenters. The van der Waals surface area contributed by atoms with E-state index in [2.05, 4.69) is 0 Å². The molecule has 1 saturated heterocycles. The fraction of sp³-hybridized carbons (Fsp3) is 0.579. The van der Waals surface area contributed by atoms with Gasteiger partial charge in [0.25, 0.3) is 0 Å². The van der Waals surface area contributed by atoms with E-state index < -0.39 is 35.9 Å². The smallest absolute Gasteiger partial charge is 0.410 e. The average molecular weight is 369 g/mol. The van der Waals surface area contributed by atoms with Crippen molar-refractivity contribution >= 4 is 12.1 Å². The Hall–Kier alpha value is -2.18. The Kier molecular flexibility index (Phi) is 6.56. The van der Waals surface area contributed by atoms with E-state index >= 15 is 0 Å². The van der Waals surface area contributed by atoms with Gasteiger partial charge in [-0.3, -0.25) is 4.79 Å². The first-order valence-corrected chi connectivity index (χ1v) is 8.61. The highest BCUT2D eigenvalue weighted by atomic mass is 19.3. The van der Waals surface area contributed by atoms with Crippen LogP contribution in [0.4, 0.5) is 13.6 Å². The van der Waals surface area contributed by atoms with Crippen LogP contribution < -0.4 is 0 Å². The molecule has 1 heterocycles. The summed E-state index contributed by atoms with van der Waals surface area (Å²) in [4.78, 5) is 25.4. The molecule has 0 aliphatic carbocycles. The third-order valence-corrected chi connectivity index (χ3v) is 4.14. The number of halogens is 2. The third kappa shape index (κ3) is 5.97. The van der Waals surface area contributed by atoms with Gasteiger partial charge in [-0.2, -0.15) is 0 Å². The number of carbonyl (C=O) groups excluding carboxylic acids is 2. The maximum absolute atomic E-state index is 13.3. The molecule has 26 heavy (non-hydrogen) atoms. The van der Waals surface area contributed by atoms with Crippen molar-refractivity contribution in [2.75, 3.05) is 13.1 Å². The van der Waals surface area contributed by atoms with Crippen molar-refractivity contribution in [2.45, 2.75) is 45.8 Å². The van der Waals surface area contributed by atoms with Gasteiger partial charge < -0.3 is 14.4 Å². The lowest BCUT2D eigenvalue weighted by atomic mass is 9.93. The Morgan fingerprint density at radius 1 is 1.19 bits per heavy atom. The zero-order valence-electron chi connectivity index (χ0n) is 15.3. The molecule has 2 rings (SSSR count). The number of alkyl halides is 2. The van der Waals surface area contributed by atoms with Gasteiger partial charge in [0.15, 0.2) is 0 Å². The molecule has 0 saturated carbocycles. The second-order valence-electron chi connectivity index (χ2n) is 7.49. The zero-order chi connectivity index (χ0) is 19.3. The predicted octanol–water partition coefficient (Wildman–Crippen LogP) is 3.87. The summed E-state index contributed by atoms with van der Waals surface area (Å²) in [7, 11) is 0. The van der Waals surface area contributed by atoms with Crippen LogP contribution >= 0.6 is 0 Å². The molecular weight excluding hydrogens is 344 g/mol. The molecule has 7 heteroatoms. The number of hydrogen-bond donors (Lipinski definition) is 0. The van der Waals surface area contributed by atoms with Gasteiger partial charge in [-0.05, 0) is 32.3 Å². The summed E-state index contributed by atoms with van der Waals surface area (Å²) in [5.74, 6) is -2.26. The van der Waals surface area contributed by atoms with Crippen molar-refractivity contribution < 1.29 is 27.8 Å². The summed E-state index contributed by atoms with van der Waals surface area (Å²) >= 11 is 0. The molecule has 1 aromatic carbocycles. The number of nitrogens with zero attached hydrogens (tertiary/aromatic N) is 1. The Morgan fingerprint density at radius 2 is 1.85 bits per heavy atom. The average Bonchev–Trinajstić information content (AvgIpc) is 2.96. The molecule has 1 aliphatic heterocycles. The van der Waals surface area contributed by atoms with Crippen molar-refractivity contribution in [3.05, 3.63) is 35.9 Å². The number of rotatable bonds is 5. The Morgan fingerprint density at radius 3 is 2.42 bits per heavy atom. The zero-order valence-corrected chi connectivity index (χ0v) is 15.3. The van der Waals surface area contributed by atoms with Crippen LogP contribution in [-0.2, 0) is 20.9 Å². The molecule has 0 radical (unpaired) electrons. The molecule has 1 amide bonds.